The monoisotopic (exact) mass is 408 g/mol. The lowest BCUT2D eigenvalue weighted by molar-refractivity contribution is -0.137. The molecule has 0 bridgehead atoms. The van der Waals surface area contributed by atoms with Crippen molar-refractivity contribution < 1.29 is 21.6 Å². The molecular formula is C20H19F3N2O2S. The molecule has 1 aromatic heterocycles. The second-order valence-corrected chi connectivity index (χ2v) is 9.46. The zero-order chi connectivity index (χ0) is 20.2. The molecule has 4 rings (SSSR count). The topological polar surface area (TPSA) is 62.8 Å². The minimum atomic E-state index is -4.40. The Bertz CT molecular complexity index is 1150. The quantitative estimate of drug-likeness (QED) is 0.672. The summed E-state index contributed by atoms with van der Waals surface area (Å²) >= 11 is 0. The average Bonchev–Trinajstić information content (AvgIpc) is 3.03. The van der Waals surface area contributed by atoms with Gasteiger partial charge in [0.15, 0.2) is 9.84 Å². The van der Waals surface area contributed by atoms with Gasteiger partial charge in [-0.25, -0.2) is 13.4 Å². The Labute approximate surface area is 160 Å². The summed E-state index contributed by atoms with van der Waals surface area (Å²) < 4.78 is 63.7. The molecular weight excluding hydrogens is 389 g/mol. The highest BCUT2D eigenvalue weighted by Gasteiger charge is 2.44. The normalized spacial score (nSPS) is 16.9. The van der Waals surface area contributed by atoms with Gasteiger partial charge in [0.1, 0.15) is 5.82 Å². The standard InChI is InChI=1S/C20H19F3N2O2S/c1-2-28(26,27)15-7-8-16-17(12-15)25-18(24-16)19(9-4-10-19)13-5-3-6-14(11-13)20(21,22)23/h3,5-8,11-12H,2,4,9-10H2,1H3,(H,24,25). The van der Waals surface area contributed by atoms with Gasteiger partial charge in [-0.3, -0.25) is 0 Å². The zero-order valence-electron chi connectivity index (χ0n) is 15.2. The van der Waals surface area contributed by atoms with E-state index in [4.69, 9.17) is 0 Å². The molecule has 8 heteroatoms. The van der Waals surface area contributed by atoms with Crippen LogP contribution in [0.2, 0.25) is 0 Å². The van der Waals surface area contributed by atoms with Crippen molar-refractivity contribution in [2.45, 2.75) is 42.7 Å². The molecule has 0 aliphatic heterocycles. The van der Waals surface area contributed by atoms with E-state index >= 15 is 0 Å². The summed E-state index contributed by atoms with van der Waals surface area (Å²) in [6, 6.07) is 10.1. The van der Waals surface area contributed by atoms with E-state index in [0.717, 1.165) is 12.5 Å². The zero-order valence-corrected chi connectivity index (χ0v) is 16.0. The van der Waals surface area contributed by atoms with Gasteiger partial charge in [-0.15, -0.1) is 0 Å². The molecule has 0 atom stereocenters. The maximum atomic E-state index is 13.2. The number of alkyl halides is 3. The first-order valence-corrected chi connectivity index (χ1v) is 10.7. The van der Waals surface area contributed by atoms with Crippen molar-refractivity contribution in [1.82, 2.24) is 9.97 Å². The van der Waals surface area contributed by atoms with Crippen LogP contribution in [0.3, 0.4) is 0 Å². The van der Waals surface area contributed by atoms with Crippen molar-refractivity contribution in [3.63, 3.8) is 0 Å². The summed E-state index contributed by atoms with van der Waals surface area (Å²) in [6.45, 7) is 1.58. The summed E-state index contributed by atoms with van der Waals surface area (Å²) in [4.78, 5) is 7.98. The molecule has 3 aromatic rings. The number of imidazole rings is 1. The second kappa shape index (κ2) is 6.34. The van der Waals surface area contributed by atoms with E-state index in [9.17, 15) is 21.6 Å². The number of H-pyrrole nitrogens is 1. The van der Waals surface area contributed by atoms with Crippen LogP contribution in [0.15, 0.2) is 47.4 Å². The summed E-state index contributed by atoms with van der Waals surface area (Å²) in [7, 11) is -3.35. The Balaban J connectivity index is 1.81. The van der Waals surface area contributed by atoms with E-state index < -0.39 is 27.0 Å². The fraction of sp³-hybridized carbons (Fsp3) is 0.350. The molecule has 0 radical (unpaired) electrons. The third-order valence-corrected chi connectivity index (χ3v) is 7.33. The third-order valence-electron chi connectivity index (χ3n) is 5.60. The molecule has 1 N–H and O–H groups in total. The van der Waals surface area contributed by atoms with E-state index in [1.807, 2.05) is 0 Å². The first-order chi connectivity index (χ1) is 13.2. The number of nitrogens with zero attached hydrogens (tertiary/aromatic N) is 1. The van der Waals surface area contributed by atoms with Gasteiger partial charge < -0.3 is 4.98 Å². The molecule has 1 saturated carbocycles. The highest BCUT2D eigenvalue weighted by Crippen LogP contribution is 2.49. The molecule has 0 spiro atoms. The number of benzene rings is 2. The number of hydrogen-bond donors (Lipinski definition) is 1. The number of nitrogens with one attached hydrogen (secondary N) is 1. The number of halogens is 3. The predicted molar refractivity (Wildman–Crippen MR) is 99.9 cm³/mol. The van der Waals surface area contributed by atoms with Gasteiger partial charge in [-0.1, -0.05) is 31.5 Å². The number of sulfone groups is 1. The molecule has 1 heterocycles. The van der Waals surface area contributed by atoms with Gasteiger partial charge >= 0.3 is 6.18 Å². The Morgan fingerprint density at radius 1 is 1.14 bits per heavy atom. The molecule has 1 fully saturated rings. The van der Waals surface area contributed by atoms with Crippen LogP contribution in [0.4, 0.5) is 13.2 Å². The van der Waals surface area contributed by atoms with Crippen molar-refractivity contribution in [1.29, 1.82) is 0 Å². The van der Waals surface area contributed by atoms with Crippen LogP contribution in [0.1, 0.15) is 43.1 Å². The maximum absolute atomic E-state index is 13.2. The smallest absolute Gasteiger partial charge is 0.341 e. The Morgan fingerprint density at radius 3 is 2.50 bits per heavy atom. The van der Waals surface area contributed by atoms with Crippen LogP contribution in [0.5, 0.6) is 0 Å². The number of aromatic amines is 1. The lowest BCUT2D eigenvalue weighted by Gasteiger charge is -2.41. The number of aromatic nitrogens is 2. The maximum Gasteiger partial charge on any atom is 0.416 e. The number of hydrogen-bond acceptors (Lipinski definition) is 3. The van der Waals surface area contributed by atoms with E-state index in [2.05, 4.69) is 9.97 Å². The van der Waals surface area contributed by atoms with Crippen LogP contribution in [0, 0.1) is 0 Å². The SMILES string of the molecule is CCS(=O)(=O)c1ccc2nc(C3(c4cccc(C(F)(F)F)c4)CCC3)[nH]c2c1. The molecule has 0 amide bonds. The molecule has 0 unspecified atom stereocenters. The summed E-state index contributed by atoms with van der Waals surface area (Å²) in [5, 5.41) is 0. The van der Waals surface area contributed by atoms with Crippen molar-refractivity contribution in [2.75, 3.05) is 5.75 Å². The lowest BCUT2D eigenvalue weighted by Crippen LogP contribution is -2.36. The van der Waals surface area contributed by atoms with E-state index in [-0.39, 0.29) is 10.6 Å². The lowest BCUT2D eigenvalue weighted by atomic mass is 9.63. The van der Waals surface area contributed by atoms with Crippen LogP contribution in [-0.4, -0.2) is 24.1 Å². The van der Waals surface area contributed by atoms with Gasteiger partial charge in [-0.05, 0) is 42.7 Å². The van der Waals surface area contributed by atoms with Crippen LogP contribution < -0.4 is 0 Å². The average molecular weight is 408 g/mol. The number of fused-ring (bicyclic) bond motifs is 1. The van der Waals surface area contributed by atoms with Gasteiger partial charge in [-0.2, -0.15) is 13.2 Å². The molecule has 148 valence electrons. The number of rotatable bonds is 4. The minimum absolute atomic E-state index is 0.00628. The molecule has 2 aromatic carbocycles. The Kier molecular flexibility index (Phi) is 4.30. The van der Waals surface area contributed by atoms with Crippen molar-refractivity contribution >= 4 is 20.9 Å². The van der Waals surface area contributed by atoms with Crippen LogP contribution in [-0.2, 0) is 21.4 Å². The molecule has 1 aliphatic carbocycles. The summed E-state index contributed by atoms with van der Waals surface area (Å²) in [5.74, 6) is 0.576. The molecule has 1 aliphatic rings. The minimum Gasteiger partial charge on any atom is -0.341 e. The van der Waals surface area contributed by atoms with Crippen LogP contribution >= 0.6 is 0 Å². The summed E-state index contributed by atoms with van der Waals surface area (Å²) in [5.41, 5.74) is 0.466. The predicted octanol–water partition coefficient (Wildman–Crippen LogP) is 4.85. The van der Waals surface area contributed by atoms with E-state index in [0.29, 0.717) is 35.3 Å². The Morgan fingerprint density at radius 2 is 1.89 bits per heavy atom. The fourth-order valence-electron chi connectivity index (χ4n) is 3.76. The van der Waals surface area contributed by atoms with Gasteiger partial charge in [0.05, 0.1) is 32.7 Å². The molecule has 4 nitrogen and oxygen atoms in total. The second-order valence-electron chi connectivity index (χ2n) is 7.18. The van der Waals surface area contributed by atoms with Crippen molar-refractivity contribution in [2.24, 2.45) is 0 Å². The summed E-state index contributed by atoms with van der Waals surface area (Å²) in [6.07, 6.45) is -2.14. The van der Waals surface area contributed by atoms with Crippen LogP contribution in [0.25, 0.3) is 11.0 Å². The first-order valence-electron chi connectivity index (χ1n) is 9.06. The van der Waals surface area contributed by atoms with Crippen molar-refractivity contribution in [3.05, 3.63) is 59.4 Å². The molecule has 28 heavy (non-hydrogen) atoms. The van der Waals surface area contributed by atoms with E-state index in [1.54, 1.807) is 25.1 Å². The van der Waals surface area contributed by atoms with Gasteiger partial charge in [0.25, 0.3) is 0 Å². The highest BCUT2D eigenvalue weighted by atomic mass is 32.2. The van der Waals surface area contributed by atoms with E-state index in [1.165, 1.54) is 18.2 Å². The van der Waals surface area contributed by atoms with Crippen molar-refractivity contribution in [3.8, 4) is 0 Å². The Hall–Kier alpha value is -2.35. The van der Waals surface area contributed by atoms with Gasteiger partial charge in [0, 0.05) is 0 Å². The largest absolute Gasteiger partial charge is 0.416 e. The third kappa shape index (κ3) is 2.99. The fourth-order valence-corrected chi connectivity index (χ4v) is 4.67. The highest BCUT2D eigenvalue weighted by molar-refractivity contribution is 7.91. The van der Waals surface area contributed by atoms with Gasteiger partial charge in [0.2, 0.25) is 0 Å². The first kappa shape index (κ1) is 19.0. The molecule has 0 saturated heterocycles.